The fourth-order valence-electron chi connectivity index (χ4n) is 2.18. The molecule has 2 rings (SSSR count). The fourth-order valence-corrected chi connectivity index (χ4v) is 2.38. The zero-order chi connectivity index (χ0) is 14.4. The Kier molecular flexibility index (Phi) is 5.45. The van der Waals surface area contributed by atoms with Gasteiger partial charge in [-0.05, 0) is 53.9 Å². The van der Waals surface area contributed by atoms with Gasteiger partial charge in [0.1, 0.15) is 5.75 Å². The molecule has 20 heavy (non-hydrogen) atoms. The maximum Gasteiger partial charge on any atom is 0.119 e. The molecule has 0 fully saturated rings. The molecule has 0 aromatic heterocycles. The monoisotopic (exact) mass is 289 g/mol. The Labute approximate surface area is 125 Å². The molecule has 2 nitrogen and oxygen atoms in total. The number of halogens is 1. The predicted octanol–water partition coefficient (Wildman–Crippen LogP) is 4.52. The quantitative estimate of drug-likeness (QED) is 0.790. The summed E-state index contributed by atoms with van der Waals surface area (Å²) < 4.78 is 5.30. The summed E-state index contributed by atoms with van der Waals surface area (Å²) in [7, 11) is 1.69. The molecule has 2 aromatic carbocycles. The van der Waals surface area contributed by atoms with Crippen LogP contribution >= 0.6 is 11.6 Å². The number of benzene rings is 2. The van der Waals surface area contributed by atoms with Crippen LogP contribution < -0.4 is 10.1 Å². The van der Waals surface area contributed by atoms with Crippen molar-refractivity contribution in [1.29, 1.82) is 0 Å². The maximum atomic E-state index is 6.12. The Hall–Kier alpha value is -1.51. The van der Waals surface area contributed by atoms with Gasteiger partial charge in [0.2, 0.25) is 0 Å². The molecule has 0 unspecified atom stereocenters. The lowest BCUT2D eigenvalue weighted by Gasteiger charge is -2.12. The normalized spacial score (nSPS) is 10.6. The zero-order valence-corrected chi connectivity index (χ0v) is 12.7. The number of rotatable bonds is 6. The lowest BCUT2D eigenvalue weighted by Crippen LogP contribution is -2.14. The summed E-state index contributed by atoms with van der Waals surface area (Å²) in [5.74, 6) is 0.866. The van der Waals surface area contributed by atoms with E-state index in [1.165, 1.54) is 11.1 Å². The first kappa shape index (κ1) is 14.9. The third-order valence-corrected chi connectivity index (χ3v) is 3.43. The summed E-state index contributed by atoms with van der Waals surface area (Å²) in [4.78, 5) is 0. The van der Waals surface area contributed by atoms with Gasteiger partial charge in [0, 0.05) is 11.6 Å². The molecular formula is C17H20ClNO. The number of methoxy groups -OCH3 is 1. The van der Waals surface area contributed by atoms with E-state index < -0.39 is 0 Å². The van der Waals surface area contributed by atoms with E-state index in [0.717, 1.165) is 35.8 Å². The number of ether oxygens (including phenoxy) is 1. The minimum atomic E-state index is 0.768. The topological polar surface area (TPSA) is 21.3 Å². The Morgan fingerprint density at radius 2 is 2.00 bits per heavy atom. The fraction of sp³-hybridized carbons (Fsp3) is 0.294. The molecule has 0 aliphatic heterocycles. The summed E-state index contributed by atoms with van der Waals surface area (Å²) >= 11 is 6.12. The molecule has 0 spiro atoms. The van der Waals surface area contributed by atoms with Crippen LogP contribution in [0.5, 0.6) is 5.75 Å². The van der Waals surface area contributed by atoms with Crippen molar-refractivity contribution in [3.05, 3.63) is 53.1 Å². The first-order valence-corrected chi connectivity index (χ1v) is 7.26. The van der Waals surface area contributed by atoms with Gasteiger partial charge in [0.25, 0.3) is 0 Å². The second-order valence-electron chi connectivity index (χ2n) is 4.71. The first-order valence-electron chi connectivity index (χ1n) is 6.88. The van der Waals surface area contributed by atoms with Gasteiger partial charge in [-0.3, -0.25) is 0 Å². The summed E-state index contributed by atoms with van der Waals surface area (Å²) in [5.41, 5.74) is 3.55. The highest BCUT2D eigenvalue weighted by molar-refractivity contribution is 6.30. The van der Waals surface area contributed by atoms with Crippen molar-refractivity contribution in [2.45, 2.75) is 19.9 Å². The molecule has 0 saturated heterocycles. The van der Waals surface area contributed by atoms with Crippen LogP contribution in [0.3, 0.4) is 0 Å². The smallest absolute Gasteiger partial charge is 0.119 e. The largest absolute Gasteiger partial charge is 0.497 e. The Morgan fingerprint density at radius 3 is 2.75 bits per heavy atom. The first-order chi connectivity index (χ1) is 9.74. The molecule has 3 heteroatoms. The minimum Gasteiger partial charge on any atom is -0.497 e. The number of hydrogen-bond donors (Lipinski definition) is 1. The minimum absolute atomic E-state index is 0.768. The molecule has 0 amide bonds. The van der Waals surface area contributed by atoms with Crippen molar-refractivity contribution in [3.63, 3.8) is 0 Å². The molecular weight excluding hydrogens is 270 g/mol. The second-order valence-corrected chi connectivity index (χ2v) is 5.15. The molecule has 2 aromatic rings. The predicted molar refractivity (Wildman–Crippen MR) is 85.4 cm³/mol. The number of nitrogens with one attached hydrogen (secondary N) is 1. The standard InChI is InChI=1S/C17H20ClNO/c1-3-9-19-12-14-10-15(18)7-8-17(14)13-5-4-6-16(11-13)20-2/h4-8,10-11,19H,3,9,12H2,1-2H3. The molecule has 0 aliphatic carbocycles. The van der Waals surface area contributed by atoms with Gasteiger partial charge in [-0.2, -0.15) is 0 Å². The highest BCUT2D eigenvalue weighted by atomic mass is 35.5. The van der Waals surface area contributed by atoms with Crippen molar-refractivity contribution in [2.75, 3.05) is 13.7 Å². The average Bonchev–Trinajstić information content (AvgIpc) is 2.48. The van der Waals surface area contributed by atoms with Crippen LogP contribution in [0.1, 0.15) is 18.9 Å². The van der Waals surface area contributed by atoms with Crippen molar-refractivity contribution >= 4 is 11.6 Å². The van der Waals surface area contributed by atoms with E-state index in [9.17, 15) is 0 Å². The summed E-state index contributed by atoms with van der Waals surface area (Å²) in [6.07, 6.45) is 1.12. The van der Waals surface area contributed by atoms with Crippen LogP contribution in [0.25, 0.3) is 11.1 Å². The zero-order valence-electron chi connectivity index (χ0n) is 11.9. The maximum absolute atomic E-state index is 6.12. The highest BCUT2D eigenvalue weighted by Gasteiger charge is 2.07. The summed E-state index contributed by atoms with van der Waals surface area (Å²) in [5, 5.41) is 4.20. The van der Waals surface area contributed by atoms with Crippen LogP contribution in [-0.2, 0) is 6.54 Å². The lowest BCUT2D eigenvalue weighted by atomic mass is 9.99. The SMILES string of the molecule is CCCNCc1cc(Cl)ccc1-c1cccc(OC)c1. The van der Waals surface area contributed by atoms with Crippen molar-refractivity contribution in [3.8, 4) is 16.9 Å². The van der Waals surface area contributed by atoms with Gasteiger partial charge in [-0.25, -0.2) is 0 Å². The van der Waals surface area contributed by atoms with Crippen molar-refractivity contribution in [1.82, 2.24) is 5.32 Å². The van der Waals surface area contributed by atoms with E-state index in [2.05, 4.69) is 24.4 Å². The molecule has 106 valence electrons. The molecule has 0 atom stereocenters. The van der Waals surface area contributed by atoms with Crippen LogP contribution in [0.15, 0.2) is 42.5 Å². The summed E-state index contributed by atoms with van der Waals surface area (Å²) in [6, 6.07) is 14.1. The van der Waals surface area contributed by atoms with Gasteiger partial charge < -0.3 is 10.1 Å². The Morgan fingerprint density at radius 1 is 1.15 bits per heavy atom. The van der Waals surface area contributed by atoms with Crippen LogP contribution in [0.2, 0.25) is 5.02 Å². The van der Waals surface area contributed by atoms with E-state index in [1.54, 1.807) is 7.11 Å². The van der Waals surface area contributed by atoms with Crippen molar-refractivity contribution in [2.24, 2.45) is 0 Å². The van der Waals surface area contributed by atoms with Gasteiger partial charge in [0.05, 0.1) is 7.11 Å². The van der Waals surface area contributed by atoms with Gasteiger partial charge in [-0.15, -0.1) is 0 Å². The molecule has 0 radical (unpaired) electrons. The third kappa shape index (κ3) is 3.75. The van der Waals surface area contributed by atoms with Gasteiger partial charge in [0.15, 0.2) is 0 Å². The van der Waals surface area contributed by atoms with Crippen molar-refractivity contribution < 1.29 is 4.74 Å². The molecule has 0 heterocycles. The highest BCUT2D eigenvalue weighted by Crippen LogP contribution is 2.29. The van der Waals surface area contributed by atoms with Crippen LogP contribution in [-0.4, -0.2) is 13.7 Å². The van der Waals surface area contributed by atoms with Crippen LogP contribution in [0, 0.1) is 0 Å². The van der Waals surface area contributed by atoms with E-state index in [0.29, 0.717) is 0 Å². The Bertz CT molecular complexity index is 569. The van der Waals surface area contributed by atoms with E-state index in [4.69, 9.17) is 16.3 Å². The molecule has 0 bridgehead atoms. The summed E-state index contributed by atoms with van der Waals surface area (Å²) in [6.45, 7) is 3.99. The molecule has 0 saturated carbocycles. The van der Waals surface area contributed by atoms with Crippen LogP contribution in [0.4, 0.5) is 0 Å². The van der Waals surface area contributed by atoms with E-state index in [-0.39, 0.29) is 0 Å². The van der Waals surface area contributed by atoms with Gasteiger partial charge >= 0.3 is 0 Å². The van der Waals surface area contributed by atoms with E-state index >= 15 is 0 Å². The second kappa shape index (κ2) is 7.32. The molecule has 0 aliphatic rings. The third-order valence-electron chi connectivity index (χ3n) is 3.19. The number of hydrogen-bond acceptors (Lipinski definition) is 2. The molecule has 1 N–H and O–H groups in total. The lowest BCUT2D eigenvalue weighted by molar-refractivity contribution is 0.415. The van der Waals surface area contributed by atoms with E-state index in [1.807, 2.05) is 30.3 Å². The Balaban J connectivity index is 2.33. The average molecular weight is 290 g/mol. The van der Waals surface area contributed by atoms with Gasteiger partial charge in [-0.1, -0.05) is 36.7 Å².